The summed E-state index contributed by atoms with van der Waals surface area (Å²) < 4.78 is 2.15. The fraction of sp³-hybridized carbons (Fsp3) is 0.259. The zero-order valence-corrected chi connectivity index (χ0v) is 18.5. The number of aromatic nitrogens is 1. The average Bonchev–Trinajstić information content (AvgIpc) is 3.08. The van der Waals surface area contributed by atoms with Crippen molar-refractivity contribution in [2.24, 2.45) is 0 Å². The number of carbonyl (C=O) groups excluding carboxylic acids is 1. The number of amides is 1. The molecular formula is C27H29N3O. The largest absolute Gasteiger partial charge is 0.351 e. The van der Waals surface area contributed by atoms with E-state index < -0.39 is 0 Å². The standard InChI is InChI=1S/C27H29N3O/c1-4-22-12-14-26(15-13-22)30-20(2)17-24(21(30)3)18-25(19-28)27(31)29-16-8-11-23-9-6-5-7-10-23/h5-7,9-10,12-15,17-18H,4,8,11,16H2,1-3H3,(H,29,31)/b25-18-. The van der Waals surface area contributed by atoms with Crippen LogP contribution in [0, 0.1) is 25.2 Å². The van der Waals surface area contributed by atoms with Gasteiger partial charge in [-0.3, -0.25) is 4.79 Å². The van der Waals surface area contributed by atoms with Gasteiger partial charge in [0.25, 0.3) is 5.91 Å². The molecule has 2 aromatic carbocycles. The van der Waals surface area contributed by atoms with Crippen LogP contribution in [0.1, 0.15) is 41.4 Å². The third kappa shape index (κ3) is 5.52. The van der Waals surface area contributed by atoms with Gasteiger partial charge < -0.3 is 9.88 Å². The molecule has 0 aliphatic heterocycles. The molecule has 0 aliphatic carbocycles. The molecule has 3 rings (SSSR count). The molecule has 158 valence electrons. The molecule has 0 spiro atoms. The first-order valence-corrected chi connectivity index (χ1v) is 10.8. The van der Waals surface area contributed by atoms with Crippen molar-refractivity contribution in [2.75, 3.05) is 6.54 Å². The molecule has 4 nitrogen and oxygen atoms in total. The van der Waals surface area contributed by atoms with Crippen LogP contribution in [0.4, 0.5) is 0 Å². The van der Waals surface area contributed by atoms with Crippen molar-refractivity contribution >= 4 is 12.0 Å². The van der Waals surface area contributed by atoms with Crippen LogP contribution in [-0.4, -0.2) is 17.0 Å². The van der Waals surface area contributed by atoms with Crippen molar-refractivity contribution in [3.05, 3.63) is 94.3 Å². The summed E-state index contributed by atoms with van der Waals surface area (Å²) in [7, 11) is 0. The fourth-order valence-corrected chi connectivity index (χ4v) is 3.75. The second kappa shape index (κ2) is 10.4. The molecule has 1 N–H and O–H groups in total. The fourth-order valence-electron chi connectivity index (χ4n) is 3.75. The number of nitrogens with one attached hydrogen (secondary N) is 1. The van der Waals surface area contributed by atoms with Gasteiger partial charge >= 0.3 is 0 Å². The molecule has 0 fully saturated rings. The molecule has 0 atom stereocenters. The van der Waals surface area contributed by atoms with Crippen LogP contribution < -0.4 is 5.32 Å². The minimum Gasteiger partial charge on any atom is -0.351 e. The molecule has 3 aromatic rings. The highest BCUT2D eigenvalue weighted by molar-refractivity contribution is 6.01. The van der Waals surface area contributed by atoms with Gasteiger partial charge in [0.1, 0.15) is 11.6 Å². The normalized spacial score (nSPS) is 11.2. The smallest absolute Gasteiger partial charge is 0.261 e. The molecule has 0 radical (unpaired) electrons. The Kier molecular flexibility index (Phi) is 7.45. The summed E-state index contributed by atoms with van der Waals surface area (Å²) in [5.41, 5.74) is 6.69. The van der Waals surface area contributed by atoms with E-state index in [2.05, 4.69) is 59.3 Å². The van der Waals surface area contributed by atoms with Crippen LogP contribution in [0.15, 0.2) is 66.2 Å². The summed E-state index contributed by atoms with van der Waals surface area (Å²) in [6.45, 7) is 6.73. The number of aryl methyl sites for hydroxylation is 3. The highest BCUT2D eigenvalue weighted by Crippen LogP contribution is 2.23. The van der Waals surface area contributed by atoms with Gasteiger partial charge in [-0.1, -0.05) is 49.4 Å². The number of rotatable bonds is 8. The molecule has 1 aromatic heterocycles. The van der Waals surface area contributed by atoms with Crippen LogP contribution in [0.3, 0.4) is 0 Å². The van der Waals surface area contributed by atoms with E-state index >= 15 is 0 Å². The lowest BCUT2D eigenvalue weighted by molar-refractivity contribution is -0.117. The Morgan fingerprint density at radius 3 is 2.42 bits per heavy atom. The first-order chi connectivity index (χ1) is 15.0. The zero-order chi connectivity index (χ0) is 22.2. The minimum atomic E-state index is -0.326. The lowest BCUT2D eigenvalue weighted by atomic mass is 10.1. The number of hydrogen-bond donors (Lipinski definition) is 1. The molecule has 31 heavy (non-hydrogen) atoms. The summed E-state index contributed by atoms with van der Waals surface area (Å²) in [5.74, 6) is -0.326. The van der Waals surface area contributed by atoms with Gasteiger partial charge in [-0.2, -0.15) is 5.26 Å². The Bertz CT molecular complexity index is 1100. The van der Waals surface area contributed by atoms with Crippen LogP contribution >= 0.6 is 0 Å². The maximum absolute atomic E-state index is 12.5. The van der Waals surface area contributed by atoms with Crippen LogP contribution in [0.25, 0.3) is 11.8 Å². The Hall–Kier alpha value is -3.58. The summed E-state index contributed by atoms with van der Waals surface area (Å²) in [6.07, 6.45) is 4.41. The molecule has 4 heteroatoms. The van der Waals surface area contributed by atoms with E-state index in [1.165, 1.54) is 11.1 Å². The van der Waals surface area contributed by atoms with E-state index in [1.807, 2.05) is 38.1 Å². The molecule has 1 heterocycles. The Morgan fingerprint density at radius 1 is 1.06 bits per heavy atom. The van der Waals surface area contributed by atoms with Gasteiger partial charge in [0.15, 0.2) is 0 Å². The minimum absolute atomic E-state index is 0.126. The van der Waals surface area contributed by atoms with Crippen LogP contribution in [0.2, 0.25) is 0 Å². The third-order valence-corrected chi connectivity index (χ3v) is 5.51. The highest BCUT2D eigenvalue weighted by atomic mass is 16.1. The quantitative estimate of drug-likeness (QED) is 0.310. The van der Waals surface area contributed by atoms with Gasteiger partial charge in [0.2, 0.25) is 0 Å². The first-order valence-electron chi connectivity index (χ1n) is 10.8. The van der Waals surface area contributed by atoms with E-state index in [-0.39, 0.29) is 11.5 Å². The number of nitrogens with zero attached hydrogens (tertiary/aromatic N) is 2. The van der Waals surface area contributed by atoms with E-state index in [0.29, 0.717) is 6.54 Å². The SMILES string of the molecule is CCc1ccc(-n2c(C)cc(/C=C(/C#N)C(=O)NCCCc3ccccc3)c2C)cc1. The van der Waals surface area contributed by atoms with Crippen LogP contribution in [-0.2, 0) is 17.6 Å². The molecule has 0 unspecified atom stereocenters. The summed E-state index contributed by atoms with van der Waals surface area (Å²) in [5, 5.41) is 12.4. The van der Waals surface area contributed by atoms with Gasteiger partial charge in [-0.25, -0.2) is 0 Å². The highest BCUT2D eigenvalue weighted by Gasteiger charge is 2.13. The lowest BCUT2D eigenvalue weighted by Crippen LogP contribution is -2.25. The molecule has 0 saturated carbocycles. The molecule has 0 aliphatic rings. The maximum Gasteiger partial charge on any atom is 0.261 e. The van der Waals surface area contributed by atoms with Crippen molar-refractivity contribution in [1.82, 2.24) is 9.88 Å². The monoisotopic (exact) mass is 411 g/mol. The Labute approximate surface area is 184 Å². The van der Waals surface area contributed by atoms with E-state index in [4.69, 9.17) is 0 Å². The average molecular weight is 412 g/mol. The van der Waals surface area contributed by atoms with E-state index in [9.17, 15) is 10.1 Å². The lowest BCUT2D eigenvalue weighted by Gasteiger charge is -2.10. The molecule has 1 amide bonds. The van der Waals surface area contributed by atoms with Crippen molar-refractivity contribution in [3.63, 3.8) is 0 Å². The number of nitriles is 1. The maximum atomic E-state index is 12.5. The molecule has 0 bridgehead atoms. The first kappa shape index (κ1) is 22.1. The topological polar surface area (TPSA) is 57.8 Å². The molecular weight excluding hydrogens is 382 g/mol. The Balaban J connectivity index is 1.70. The zero-order valence-electron chi connectivity index (χ0n) is 18.5. The summed E-state index contributed by atoms with van der Waals surface area (Å²) in [4.78, 5) is 12.5. The van der Waals surface area contributed by atoms with Crippen molar-refractivity contribution in [1.29, 1.82) is 5.26 Å². The summed E-state index contributed by atoms with van der Waals surface area (Å²) >= 11 is 0. The van der Waals surface area contributed by atoms with Gasteiger partial charge in [0.05, 0.1) is 0 Å². The number of benzene rings is 2. The van der Waals surface area contributed by atoms with Crippen molar-refractivity contribution in [2.45, 2.75) is 40.0 Å². The predicted molar refractivity (Wildman–Crippen MR) is 126 cm³/mol. The van der Waals surface area contributed by atoms with Gasteiger partial charge in [-0.15, -0.1) is 0 Å². The summed E-state index contributed by atoms with van der Waals surface area (Å²) in [6, 6.07) is 22.7. The van der Waals surface area contributed by atoms with Crippen molar-refractivity contribution < 1.29 is 4.79 Å². The third-order valence-electron chi connectivity index (χ3n) is 5.51. The number of carbonyl (C=O) groups is 1. The van der Waals surface area contributed by atoms with Crippen molar-refractivity contribution in [3.8, 4) is 11.8 Å². The second-order valence-electron chi connectivity index (χ2n) is 7.70. The second-order valence-corrected chi connectivity index (χ2v) is 7.70. The van der Waals surface area contributed by atoms with E-state index in [0.717, 1.165) is 41.9 Å². The Morgan fingerprint density at radius 2 is 1.77 bits per heavy atom. The van der Waals surface area contributed by atoms with Gasteiger partial charge in [0, 0.05) is 23.6 Å². The predicted octanol–water partition coefficient (Wildman–Crippen LogP) is 5.31. The van der Waals surface area contributed by atoms with Gasteiger partial charge in [-0.05, 0) is 74.1 Å². The molecule has 0 saturated heterocycles. The number of hydrogen-bond acceptors (Lipinski definition) is 2. The van der Waals surface area contributed by atoms with E-state index in [1.54, 1.807) is 6.08 Å². The van der Waals surface area contributed by atoms with Crippen LogP contribution in [0.5, 0.6) is 0 Å².